The predicted octanol–water partition coefficient (Wildman–Crippen LogP) is 4.89. The number of benzene rings is 1. The average molecular weight is 393 g/mol. The first kappa shape index (κ1) is 18.6. The molecule has 1 fully saturated rings. The van der Waals surface area contributed by atoms with Crippen molar-refractivity contribution in [3.05, 3.63) is 70.8 Å². The standard InChI is InChI=1S/C21H21N4O2S/c1-13-16(20-22-9-10-28-20)11-17(26)19(13)14-7-8-18(23-12-14)25-21(27)24-15-5-3-2-4-6-15/h2-10,12-13,16-17,19H,11H2,1H3,(H2,23,24,25,27). The molecule has 3 aromatic rings. The Morgan fingerprint density at radius 1 is 1.11 bits per heavy atom. The van der Waals surface area contributed by atoms with Gasteiger partial charge in [0.15, 0.2) is 0 Å². The SMILES string of the molecule is CC1C(c2nccs2)CC([O])C1c1ccc(NC(=O)Nc2ccccc2)nc1. The van der Waals surface area contributed by atoms with Crippen molar-refractivity contribution in [2.75, 3.05) is 10.6 Å². The van der Waals surface area contributed by atoms with Crippen LogP contribution >= 0.6 is 11.3 Å². The number of anilines is 2. The summed E-state index contributed by atoms with van der Waals surface area (Å²) < 4.78 is 0. The number of nitrogens with one attached hydrogen (secondary N) is 2. The summed E-state index contributed by atoms with van der Waals surface area (Å²) in [6.07, 6.45) is 3.42. The molecule has 6 nitrogen and oxygen atoms in total. The highest BCUT2D eigenvalue weighted by molar-refractivity contribution is 7.09. The third-order valence-corrected chi connectivity index (χ3v) is 6.21. The maximum Gasteiger partial charge on any atom is 0.324 e. The molecule has 2 aromatic heterocycles. The Bertz CT molecular complexity index is 915. The minimum Gasteiger partial charge on any atom is -0.308 e. The Morgan fingerprint density at radius 2 is 1.93 bits per heavy atom. The van der Waals surface area contributed by atoms with E-state index in [4.69, 9.17) is 0 Å². The van der Waals surface area contributed by atoms with Crippen LogP contribution in [0.5, 0.6) is 0 Å². The lowest BCUT2D eigenvalue weighted by Gasteiger charge is -2.20. The van der Waals surface area contributed by atoms with Crippen LogP contribution in [0.25, 0.3) is 0 Å². The van der Waals surface area contributed by atoms with Crippen LogP contribution in [0, 0.1) is 5.92 Å². The van der Waals surface area contributed by atoms with Crippen LogP contribution in [0.2, 0.25) is 0 Å². The van der Waals surface area contributed by atoms with E-state index in [-0.39, 0.29) is 23.8 Å². The first-order chi connectivity index (χ1) is 13.6. The number of hydrogen-bond donors (Lipinski definition) is 2. The van der Waals surface area contributed by atoms with Gasteiger partial charge in [0.25, 0.3) is 0 Å². The summed E-state index contributed by atoms with van der Waals surface area (Å²) in [6.45, 7) is 2.12. The fourth-order valence-corrected chi connectivity index (χ4v) is 4.81. The normalized spacial score (nSPS) is 24.1. The molecule has 4 atom stereocenters. The van der Waals surface area contributed by atoms with Gasteiger partial charge in [-0.2, -0.15) is 0 Å². The van der Waals surface area contributed by atoms with Crippen molar-refractivity contribution in [2.45, 2.75) is 31.3 Å². The maximum atomic E-state index is 12.7. The van der Waals surface area contributed by atoms with Crippen LogP contribution in [-0.4, -0.2) is 22.1 Å². The lowest BCUT2D eigenvalue weighted by Crippen LogP contribution is -2.20. The van der Waals surface area contributed by atoms with Crippen LogP contribution < -0.4 is 10.6 Å². The van der Waals surface area contributed by atoms with E-state index < -0.39 is 6.10 Å². The molecule has 0 saturated heterocycles. The van der Waals surface area contributed by atoms with Crippen LogP contribution in [0.4, 0.5) is 16.3 Å². The molecular formula is C21H21N4O2S. The number of amides is 2. The number of carbonyl (C=O) groups excluding carboxylic acids is 1. The Balaban J connectivity index is 1.42. The molecule has 7 heteroatoms. The molecule has 1 aromatic carbocycles. The highest BCUT2D eigenvalue weighted by Gasteiger charge is 2.43. The number of nitrogens with zero attached hydrogens (tertiary/aromatic N) is 2. The average Bonchev–Trinajstić information content (AvgIpc) is 3.31. The summed E-state index contributed by atoms with van der Waals surface area (Å²) in [5.41, 5.74) is 1.62. The minimum atomic E-state index is -0.675. The van der Waals surface area contributed by atoms with E-state index in [2.05, 4.69) is 27.5 Å². The first-order valence-corrected chi connectivity index (χ1v) is 10.1. The highest BCUT2D eigenvalue weighted by Crippen LogP contribution is 2.49. The lowest BCUT2D eigenvalue weighted by molar-refractivity contribution is 0.0749. The third-order valence-electron chi connectivity index (χ3n) is 5.30. The van der Waals surface area contributed by atoms with Crippen LogP contribution in [0.3, 0.4) is 0 Å². The molecule has 2 heterocycles. The monoisotopic (exact) mass is 393 g/mol. The molecule has 28 heavy (non-hydrogen) atoms. The smallest absolute Gasteiger partial charge is 0.308 e. The molecule has 143 valence electrons. The zero-order valence-corrected chi connectivity index (χ0v) is 16.2. The Hall–Kier alpha value is -2.77. The minimum absolute atomic E-state index is 0.103. The molecule has 2 amide bonds. The van der Waals surface area contributed by atoms with Crippen molar-refractivity contribution in [3.63, 3.8) is 0 Å². The third kappa shape index (κ3) is 3.90. The highest BCUT2D eigenvalue weighted by atomic mass is 32.1. The van der Waals surface area contributed by atoms with Gasteiger partial charge in [-0.1, -0.05) is 31.2 Å². The number of pyridine rings is 1. The second kappa shape index (κ2) is 8.08. The molecule has 1 radical (unpaired) electrons. The van der Waals surface area contributed by atoms with E-state index >= 15 is 0 Å². The van der Waals surface area contributed by atoms with E-state index in [9.17, 15) is 9.90 Å². The van der Waals surface area contributed by atoms with Crippen molar-refractivity contribution >= 4 is 28.9 Å². The number of para-hydroxylation sites is 1. The lowest BCUT2D eigenvalue weighted by atomic mass is 9.86. The molecule has 4 rings (SSSR count). The van der Waals surface area contributed by atoms with Crippen molar-refractivity contribution in [1.82, 2.24) is 9.97 Å². The second-order valence-corrected chi connectivity index (χ2v) is 7.98. The van der Waals surface area contributed by atoms with Gasteiger partial charge in [0, 0.05) is 35.3 Å². The summed E-state index contributed by atoms with van der Waals surface area (Å²) in [4.78, 5) is 20.8. The van der Waals surface area contributed by atoms with Crippen molar-refractivity contribution in [3.8, 4) is 0 Å². The van der Waals surface area contributed by atoms with E-state index in [0.29, 0.717) is 17.9 Å². The Morgan fingerprint density at radius 3 is 2.61 bits per heavy atom. The Kier molecular flexibility index (Phi) is 5.36. The van der Waals surface area contributed by atoms with Gasteiger partial charge >= 0.3 is 6.03 Å². The summed E-state index contributed by atoms with van der Waals surface area (Å²) in [5, 5.41) is 21.2. The number of aromatic nitrogens is 2. The molecule has 0 aliphatic heterocycles. The molecule has 4 unspecified atom stereocenters. The van der Waals surface area contributed by atoms with Gasteiger partial charge in [0.2, 0.25) is 0 Å². The number of hydrogen-bond acceptors (Lipinski definition) is 4. The summed E-state index contributed by atoms with van der Waals surface area (Å²) >= 11 is 1.61. The topological polar surface area (TPSA) is 86.8 Å². The zero-order valence-electron chi connectivity index (χ0n) is 15.4. The van der Waals surface area contributed by atoms with Crippen molar-refractivity contribution in [2.24, 2.45) is 5.92 Å². The van der Waals surface area contributed by atoms with Gasteiger partial charge in [-0.3, -0.25) is 5.32 Å². The molecular weight excluding hydrogens is 372 g/mol. The van der Waals surface area contributed by atoms with E-state index in [1.165, 1.54) is 0 Å². The molecule has 0 bridgehead atoms. The van der Waals surface area contributed by atoms with Gasteiger partial charge < -0.3 is 5.32 Å². The fourth-order valence-electron chi connectivity index (χ4n) is 3.94. The largest absolute Gasteiger partial charge is 0.324 e. The fraction of sp³-hybridized carbons (Fsp3) is 0.286. The van der Waals surface area contributed by atoms with E-state index in [1.807, 2.05) is 41.8 Å². The Labute approximate surface area is 167 Å². The first-order valence-electron chi connectivity index (χ1n) is 9.26. The van der Waals surface area contributed by atoms with E-state index in [0.717, 1.165) is 10.6 Å². The van der Waals surface area contributed by atoms with Gasteiger partial charge in [-0.05, 0) is 36.1 Å². The van der Waals surface area contributed by atoms with Gasteiger partial charge in [0.1, 0.15) is 11.9 Å². The van der Waals surface area contributed by atoms with Crippen molar-refractivity contribution < 1.29 is 9.90 Å². The van der Waals surface area contributed by atoms with Gasteiger partial charge in [-0.15, -0.1) is 11.3 Å². The summed E-state index contributed by atoms with van der Waals surface area (Å²) in [6, 6.07) is 12.5. The van der Waals surface area contributed by atoms with Gasteiger partial charge in [-0.25, -0.2) is 19.9 Å². The summed E-state index contributed by atoms with van der Waals surface area (Å²) in [7, 11) is 0. The van der Waals surface area contributed by atoms with E-state index in [1.54, 1.807) is 29.8 Å². The zero-order chi connectivity index (χ0) is 19.5. The second-order valence-electron chi connectivity index (χ2n) is 7.06. The number of carbonyl (C=O) groups is 1. The molecule has 1 aliphatic rings. The number of urea groups is 1. The molecule has 1 saturated carbocycles. The molecule has 2 N–H and O–H groups in total. The van der Waals surface area contributed by atoms with Gasteiger partial charge in [0.05, 0.1) is 5.01 Å². The molecule has 1 aliphatic carbocycles. The van der Waals surface area contributed by atoms with Crippen molar-refractivity contribution in [1.29, 1.82) is 0 Å². The predicted molar refractivity (Wildman–Crippen MR) is 109 cm³/mol. The summed E-state index contributed by atoms with van der Waals surface area (Å²) in [5.74, 6) is 0.743. The maximum absolute atomic E-state index is 12.7. The quantitative estimate of drug-likeness (QED) is 0.662. The van der Waals surface area contributed by atoms with Crippen LogP contribution in [-0.2, 0) is 5.11 Å². The molecule has 0 spiro atoms. The number of rotatable bonds is 4. The number of thiazole rings is 1. The van der Waals surface area contributed by atoms with Crippen LogP contribution in [0.15, 0.2) is 60.2 Å². The van der Waals surface area contributed by atoms with Crippen LogP contribution in [0.1, 0.15) is 35.8 Å².